The third-order valence-corrected chi connectivity index (χ3v) is 4.24. The molecule has 1 unspecified atom stereocenters. The molecule has 20 heavy (non-hydrogen) atoms. The molecule has 1 aromatic heterocycles. The summed E-state index contributed by atoms with van der Waals surface area (Å²) >= 11 is 0. The first kappa shape index (κ1) is 13.6. The minimum atomic E-state index is 0.434. The number of aromatic nitrogens is 1. The summed E-state index contributed by atoms with van der Waals surface area (Å²) in [6.45, 7) is 5.60. The maximum atomic E-state index is 3.42. The quantitative estimate of drug-likeness (QED) is 0.888. The number of para-hydroxylation sites is 1. The average molecular weight is 272 g/mol. The van der Waals surface area contributed by atoms with Gasteiger partial charge in [0.25, 0.3) is 0 Å². The molecule has 4 heteroatoms. The van der Waals surface area contributed by atoms with Gasteiger partial charge in [-0.3, -0.25) is 4.90 Å². The molecule has 0 saturated carbocycles. The van der Waals surface area contributed by atoms with Crippen molar-refractivity contribution in [3.05, 3.63) is 36.0 Å². The predicted octanol–water partition coefficient (Wildman–Crippen LogP) is 1.68. The maximum Gasteiger partial charge on any atom is 0.0490 e. The van der Waals surface area contributed by atoms with Gasteiger partial charge in [-0.2, -0.15) is 0 Å². The Morgan fingerprint density at radius 2 is 1.95 bits per heavy atom. The van der Waals surface area contributed by atoms with Crippen LogP contribution in [0.5, 0.6) is 0 Å². The van der Waals surface area contributed by atoms with E-state index in [9.17, 15) is 0 Å². The third kappa shape index (κ3) is 2.73. The van der Waals surface area contributed by atoms with Crippen molar-refractivity contribution in [3.8, 4) is 0 Å². The summed E-state index contributed by atoms with van der Waals surface area (Å²) in [7, 11) is 4.35. The smallest absolute Gasteiger partial charge is 0.0490 e. The molecule has 108 valence electrons. The highest BCUT2D eigenvalue weighted by Gasteiger charge is 2.21. The summed E-state index contributed by atoms with van der Waals surface area (Å²) < 4.78 is 0. The molecular weight excluding hydrogens is 248 g/mol. The highest BCUT2D eigenvalue weighted by atomic mass is 15.2. The number of H-pyrrole nitrogens is 1. The second-order valence-electron chi connectivity index (χ2n) is 5.82. The molecule has 2 aromatic rings. The highest BCUT2D eigenvalue weighted by molar-refractivity contribution is 5.83. The number of hydrogen-bond donors (Lipinski definition) is 2. The van der Waals surface area contributed by atoms with Gasteiger partial charge in [0.05, 0.1) is 0 Å². The lowest BCUT2D eigenvalue weighted by atomic mass is 10.0. The number of benzene rings is 1. The first-order valence-corrected chi connectivity index (χ1v) is 7.41. The molecule has 1 aliphatic rings. The molecule has 0 aliphatic carbocycles. The van der Waals surface area contributed by atoms with E-state index in [0.29, 0.717) is 6.04 Å². The number of nitrogens with one attached hydrogen (secondary N) is 2. The largest absolute Gasteiger partial charge is 0.361 e. The molecule has 0 bridgehead atoms. The average Bonchev–Trinajstić information content (AvgIpc) is 2.89. The van der Waals surface area contributed by atoms with E-state index in [2.05, 4.69) is 64.7 Å². The number of rotatable bonds is 4. The van der Waals surface area contributed by atoms with Gasteiger partial charge in [-0.05, 0) is 25.7 Å². The van der Waals surface area contributed by atoms with Crippen molar-refractivity contribution in [2.75, 3.05) is 46.8 Å². The molecule has 3 rings (SSSR count). The number of piperazine rings is 1. The van der Waals surface area contributed by atoms with Crippen molar-refractivity contribution in [2.45, 2.75) is 6.04 Å². The second kappa shape index (κ2) is 5.95. The second-order valence-corrected chi connectivity index (χ2v) is 5.82. The lowest BCUT2D eigenvalue weighted by Crippen LogP contribution is -2.46. The molecule has 1 aromatic carbocycles. The van der Waals surface area contributed by atoms with Crippen LogP contribution in [0.3, 0.4) is 0 Å². The first-order chi connectivity index (χ1) is 9.75. The third-order valence-electron chi connectivity index (χ3n) is 4.24. The van der Waals surface area contributed by atoms with E-state index in [-0.39, 0.29) is 0 Å². The van der Waals surface area contributed by atoms with Gasteiger partial charge in [0, 0.05) is 55.9 Å². The Morgan fingerprint density at radius 3 is 2.70 bits per heavy atom. The predicted molar refractivity (Wildman–Crippen MR) is 84.0 cm³/mol. The fourth-order valence-corrected chi connectivity index (χ4v) is 3.05. The van der Waals surface area contributed by atoms with E-state index >= 15 is 0 Å². The zero-order valence-electron chi connectivity index (χ0n) is 12.4. The molecule has 2 heterocycles. The van der Waals surface area contributed by atoms with Crippen LogP contribution >= 0.6 is 0 Å². The van der Waals surface area contributed by atoms with E-state index in [1.807, 2.05) is 0 Å². The number of nitrogens with zero attached hydrogens (tertiary/aromatic N) is 2. The van der Waals surface area contributed by atoms with Gasteiger partial charge in [0.1, 0.15) is 0 Å². The lowest BCUT2D eigenvalue weighted by Gasteiger charge is -2.33. The SMILES string of the molecule is CN(C)C(CN1CCNCC1)c1c[nH]c2ccccc12. The molecule has 1 saturated heterocycles. The Morgan fingerprint density at radius 1 is 1.20 bits per heavy atom. The van der Waals surface area contributed by atoms with Crippen LogP contribution in [-0.4, -0.2) is 61.6 Å². The van der Waals surface area contributed by atoms with Gasteiger partial charge in [-0.1, -0.05) is 18.2 Å². The Balaban J connectivity index is 1.86. The van der Waals surface area contributed by atoms with Crippen molar-refractivity contribution < 1.29 is 0 Å². The summed E-state index contributed by atoms with van der Waals surface area (Å²) in [5.74, 6) is 0. The van der Waals surface area contributed by atoms with E-state index in [4.69, 9.17) is 0 Å². The molecule has 1 atom stereocenters. The van der Waals surface area contributed by atoms with E-state index in [1.165, 1.54) is 16.5 Å². The number of hydrogen-bond acceptors (Lipinski definition) is 3. The molecular formula is C16H24N4. The topological polar surface area (TPSA) is 34.3 Å². The summed E-state index contributed by atoms with van der Waals surface area (Å²) in [5.41, 5.74) is 2.64. The highest BCUT2D eigenvalue weighted by Crippen LogP contribution is 2.27. The van der Waals surface area contributed by atoms with Crippen LogP contribution < -0.4 is 5.32 Å². The summed E-state index contributed by atoms with van der Waals surface area (Å²) in [5, 5.41) is 4.77. The van der Waals surface area contributed by atoms with Gasteiger partial charge in [0.2, 0.25) is 0 Å². The molecule has 0 amide bonds. The van der Waals surface area contributed by atoms with Gasteiger partial charge >= 0.3 is 0 Å². The Kier molecular flexibility index (Phi) is 4.05. The number of fused-ring (bicyclic) bond motifs is 1. The maximum absolute atomic E-state index is 3.42. The molecule has 0 radical (unpaired) electrons. The Hall–Kier alpha value is -1.36. The molecule has 4 nitrogen and oxygen atoms in total. The normalized spacial score (nSPS) is 18.8. The van der Waals surface area contributed by atoms with Crippen LogP contribution in [0.25, 0.3) is 10.9 Å². The van der Waals surface area contributed by atoms with Crippen LogP contribution in [0.4, 0.5) is 0 Å². The van der Waals surface area contributed by atoms with E-state index < -0.39 is 0 Å². The summed E-state index contributed by atoms with van der Waals surface area (Å²) in [6.07, 6.45) is 2.18. The molecule has 1 aliphatic heterocycles. The zero-order chi connectivity index (χ0) is 13.9. The monoisotopic (exact) mass is 272 g/mol. The van der Waals surface area contributed by atoms with E-state index in [1.54, 1.807) is 0 Å². The van der Waals surface area contributed by atoms with Crippen molar-refractivity contribution in [1.82, 2.24) is 20.1 Å². The summed E-state index contributed by atoms with van der Waals surface area (Å²) in [6, 6.07) is 9.01. The van der Waals surface area contributed by atoms with E-state index in [0.717, 1.165) is 32.7 Å². The van der Waals surface area contributed by atoms with Gasteiger partial charge in [0.15, 0.2) is 0 Å². The van der Waals surface area contributed by atoms with Crippen LogP contribution in [0.15, 0.2) is 30.5 Å². The minimum Gasteiger partial charge on any atom is -0.361 e. The molecule has 1 fully saturated rings. The first-order valence-electron chi connectivity index (χ1n) is 7.41. The number of likely N-dealkylation sites (N-methyl/N-ethyl adjacent to an activating group) is 1. The van der Waals surface area contributed by atoms with Gasteiger partial charge in [-0.15, -0.1) is 0 Å². The van der Waals surface area contributed by atoms with Gasteiger partial charge < -0.3 is 15.2 Å². The van der Waals surface area contributed by atoms with Gasteiger partial charge in [-0.25, -0.2) is 0 Å². The zero-order valence-corrected chi connectivity index (χ0v) is 12.4. The van der Waals surface area contributed by atoms with Crippen molar-refractivity contribution in [3.63, 3.8) is 0 Å². The standard InChI is InChI=1S/C16H24N4/c1-19(2)16(12-20-9-7-17-8-10-20)14-11-18-15-6-4-3-5-13(14)15/h3-6,11,16-18H,7-10,12H2,1-2H3. The fourth-order valence-electron chi connectivity index (χ4n) is 3.05. The minimum absolute atomic E-state index is 0.434. The van der Waals surface area contributed by atoms with Crippen LogP contribution in [-0.2, 0) is 0 Å². The van der Waals surface area contributed by atoms with Crippen molar-refractivity contribution in [1.29, 1.82) is 0 Å². The Bertz CT molecular complexity index is 554. The number of aromatic amines is 1. The van der Waals surface area contributed by atoms with Crippen LogP contribution in [0, 0.1) is 0 Å². The lowest BCUT2D eigenvalue weighted by molar-refractivity contribution is 0.169. The van der Waals surface area contributed by atoms with Crippen molar-refractivity contribution in [2.24, 2.45) is 0 Å². The van der Waals surface area contributed by atoms with Crippen LogP contribution in [0.1, 0.15) is 11.6 Å². The molecule has 2 N–H and O–H groups in total. The molecule has 0 spiro atoms. The Labute approximate surface area is 120 Å². The summed E-state index contributed by atoms with van der Waals surface area (Å²) in [4.78, 5) is 8.29. The van der Waals surface area contributed by atoms with Crippen LogP contribution in [0.2, 0.25) is 0 Å². The van der Waals surface area contributed by atoms with Crippen molar-refractivity contribution >= 4 is 10.9 Å². The fraction of sp³-hybridized carbons (Fsp3) is 0.500.